The van der Waals surface area contributed by atoms with Crippen LogP contribution in [0.3, 0.4) is 0 Å². The monoisotopic (exact) mass is 193 g/mol. The fraction of sp³-hybridized carbons (Fsp3) is 0.500. The van der Waals surface area contributed by atoms with E-state index in [0.717, 1.165) is 5.69 Å². The van der Waals surface area contributed by atoms with Gasteiger partial charge in [0.05, 0.1) is 11.8 Å². The van der Waals surface area contributed by atoms with Gasteiger partial charge in [0.1, 0.15) is 5.66 Å². The SMILES string of the molecule is CC1(c2ccccn2)NCC(O)CN1. The Balaban J connectivity index is 2.17. The molecule has 4 heteroatoms. The highest BCUT2D eigenvalue weighted by atomic mass is 16.3. The molecular weight excluding hydrogens is 178 g/mol. The van der Waals surface area contributed by atoms with Crippen molar-refractivity contribution in [1.82, 2.24) is 15.6 Å². The van der Waals surface area contributed by atoms with Gasteiger partial charge >= 0.3 is 0 Å². The summed E-state index contributed by atoms with van der Waals surface area (Å²) >= 11 is 0. The molecule has 4 nitrogen and oxygen atoms in total. The van der Waals surface area contributed by atoms with E-state index in [4.69, 9.17) is 0 Å². The van der Waals surface area contributed by atoms with Crippen LogP contribution in [-0.4, -0.2) is 29.3 Å². The molecule has 1 aromatic rings. The Morgan fingerprint density at radius 1 is 1.43 bits per heavy atom. The second-order valence-corrected chi connectivity index (χ2v) is 3.76. The van der Waals surface area contributed by atoms with E-state index in [1.165, 1.54) is 0 Å². The first-order valence-electron chi connectivity index (χ1n) is 4.80. The van der Waals surface area contributed by atoms with E-state index in [-0.39, 0.29) is 11.8 Å². The van der Waals surface area contributed by atoms with Gasteiger partial charge in [0, 0.05) is 19.3 Å². The molecule has 0 bridgehead atoms. The summed E-state index contributed by atoms with van der Waals surface area (Å²) in [5, 5.41) is 15.8. The van der Waals surface area contributed by atoms with Crippen LogP contribution < -0.4 is 10.6 Å². The van der Waals surface area contributed by atoms with Crippen LogP contribution in [0.5, 0.6) is 0 Å². The number of aliphatic hydroxyl groups excluding tert-OH is 1. The van der Waals surface area contributed by atoms with Crippen LogP contribution in [0.2, 0.25) is 0 Å². The van der Waals surface area contributed by atoms with Gasteiger partial charge in [-0.1, -0.05) is 6.07 Å². The molecule has 1 fully saturated rings. The average Bonchev–Trinajstić information content (AvgIpc) is 2.24. The molecule has 3 N–H and O–H groups in total. The van der Waals surface area contributed by atoms with Crippen molar-refractivity contribution in [2.45, 2.75) is 18.7 Å². The quantitative estimate of drug-likeness (QED) is 0.578. The van der Waals surface area contributed by atoms with E-state index in [0.29, 0.717) is 13.1 Å². The van der Waals surface area contributed by atoms with Gasteiger partial charge in [0.25, 0.3) is 0 Å². The maximum atomic E-state index is 9.34. The van der Waals surface area contributed by atoms with Gasteiger partial charge in [-0.15, -0.1) is 0 Å². The number of nitrogens with one attached hydrogen (secondary N) is 2. The van der Waals surface area contributed by atoms with Crippen molar-refractivity contribution < 1.29 is 5.11 Å². The van der Waals surface area contributed by atoms with Crippen LogP contribution in [0.15, 0.2) is 24.4 Å². The van der Waals surface area contributed by atoms with Gasteiger partial charge in [0.15, 0.2) is 0 Å². The van der Waals surface area contributed by atoms with Crippen LogP contribution in [0, 0.1) is 0 Å². The topological polar surface area (TPSA) is 57.2 Å². The maximum absolute atomic E-state index is 9.34. The molecule has 0 atom stereocenters. The minimum atomic E-state index is -0.319. The Bertz CT molecular complexity index is 293. The minimum absolute atomic E-state index is 0.313. The van der Waals surface area contributed by atoms with Crippen molar-refractivity contribution >= 4 is 0 Å². The molecule has 14 heavy (non-hydrogen) atoms. The molecule has 1 aliphatic heterocycles. The molecule has 0 spiro atoms. The zero-order valence-corrected chi connectivity index (χ0v) is 8.20. The summed E-state index contributed by atoms with van der Waals surface area (Å²) in [6.07, 6.45) is 1.46. The number of rotatable bonds is 1. The van der Waals surface area contributed by atoms with E-state index in [1.807, 2.05) is 25.1 Å². The first-order chi connectivity index (χ1) is 6.71. The minimum Gasteiger partial charge on any atom is -0.390 e. The Labute approximate surface area is 83.4 Å². The summed E-state index contributed by atoms with van der Waals surface area (Å²) in [4.78, 5) is 4.29. The first-order valence-corrected chi connectivity index (χ1v) is 4.80. The molecule has 76 valence electrons. The zero-order chi connectivity index (χ0) is 10.0. The number of hydrogen-bond acceptors (Lipinski definition) is 4. The predicted molar refractivity (Wildman–Crippen MR) is 53.6 cm³/mol. The Morgan fingerprint density at radius 3 is 2.71 bits per heavy atom. The van der Waals surface area contributed by atoms with Gasteiger partial charge in [-0.05, 0) is 19.1 Å². The standard InChI is InChI=1S/C10H15N3O/c1-10(9-4-2-3-5-11-9)12-6-8(14)7-13-10/h2-5,8,12-14H,6-7H2,1H3. The number of nitrogens with zero attached hydrogens (tertiary/aromatic N) is 1. The number of hydrogen-bond donors (Lipinski definition) is 3. The summed E-state index contributed by atoms with van der Waals surface area (Å²) in [7, 11) is 0. The highest BCUT2D eigenvalue weighted by Gasteiger charge is 2.31. The summed E-state index contributed by atoms with van der Waals surface area (Å²) in [6, 6.07) is 5.82. The number of pyridine rings is 1. The van der Waals surface area contributed by atoms with Crippen LogP contribution in [0.4, 0.5) is 0 Å². The van der Waals surface area contributed by atoms with Crippen molar-refractivity contribution in [1.29, 1.82) is 0 Å². The molecule has 2 rings (SSSR count). The van der Waals surface area contributed by atoms with Gasteiger partial charge in [-0.3, -0.25) is 15.6 Å². The van der Waals surface area contributed by atoms with E-state index in [2.05, 4.69) is 15.6 Å². The van der Waals surface area contributed by atoms with E-state index in [1.54, 1.807) is 6.20 Å². The smallest absolute Gasteiger partial charge is 0.110 e. The van der Waals surface area contributed by atoms with E-state index in [9.17, 15) is 5.11 Å². The van der Waals surface area contributed by atoms with Gasteiger partial charge in [0.2, 0.25) is 0 Å². The fourth-order valence-corrected chi connectivity index (χ4v) is 1.62. The lowest BCUT2D eigenvalue weighted by Crippen LogP contribution is -2.61. The highest BCUT2D eigenvalue weighted by molar-refractivity contribution is 5.14. The maximum Gasteiger partial charge on any atom is 0.110 e. The normalized spacial score (nSPS) is 32.9. The molecule has 0 aromatic carbocycles. The Hall–Kier alpha value is -0.970. The molecule has 1 aromatic heterocycles. The largest absolute Gasteiger partial charge is 0.390 e. The van der Waals surface area contributed by atoms with Crippen molar-refractivity contribution in [3.63, 3.8) is 0 Å². The van der Waals surface area contributed by atoms with Crippen molar-refractivity contribution in [2.75, 3.05) is 13.1 Å². The molecule has 1 saturated heterocycles. The van der Waals surface area contributed by atoms with Crippen molar-refractivity contribution in [2.24, 2.45) is 0 Å². The van der Waals surface area contributed by atoms with Crippen LogP contribution in [0.25, 0.3) is 0 Å². The Kier molecular flexibility index (Phi) is 2.50. The lowest BCUT2D eigenvalue weighted by Gasteiger charge is -2.37. The summed E-state index contributed by atoms with van der Waals surface area (Å²) in [5.74, 6) is 0. The molecule has 0 radical (unpaired) electrons. The Morgan fingerprint density at radius 2 is 2.14 bits per heavy atom. The summed E-state index contributed by atoms with van der Waals surface area (Å²) < 4.78 is 0. The molecular formula is C10H15N3O. The summed E-state index contributed by atoms with van der Waals surface area (Å²) in [5.41, 5.74) is 0.632. The lowest BCUT2D eigenvalue weighted by molar-refractivity contribution is 0.0927. The number of β-amino-alcohol motifs (C(OH)–C–C–N with tert-alkyl or cyclic N) is 1. The third-order valence-electron chi connectivity index (χ3n) is 2.56. The van der Waals surface area contributed by atoms with Crippen molar-refractivity contribution in [3.8, 4) is 0 Å². The van der Waals surface area contributed by atoms with Gasteiger partial charge in [-0.2, -0.15) is 0 Å². The number of aromatic nitrogens is 1. The molecule has 0 saturated carbocycles. The third kappa shape index (κ3) is 1.77. The molecule has 0 amide bonds. The first kappa shape index (κ1) is 9.58. The second-order valence-electron chi connectivity index (χ2n) is 3.76. The molecule has 0 unspecified atom stereocenters. The van der Waals surface area contributed by atoms with Gasteiger partial charge in [-0.25, -0.2) is 0 Å². The van der Waals surface area contributed by atoms with Crippen LogP contribution >= 0.6 is 0 Å². The average molecular weight is 193 g/mol. The fourth-order valence-electron chi connectivity index (χ4n) is 1.62. The molecule has 2 heterocycles. The van der Waals surface area contributed by atoms with Gasteiger partial charge < -0.3 is 5.11 Å². The summed E-state index contributed by atoms with van der Waals surface area (Å²) in [6.45, 7) is 3.22. The zero-order valence-electron chi connectivity index (χ0n) is 8.20. The predicted octanol–water partition coefficient (Wildman–Crippen LogP) is -0.192. The number of aliphatic hydroxyl groups is 1. The lowest BCUT2D eigenvalue weighted by atomic mass is 10.0. The second kappa shape index (κ2) is 3.65. The molecule has 1 aliphatic rings. The van der Waals surface area contributed by atoms with Crippen LogP contribution in [-0.2, 0) is 5.66 Å². The van der Waals surface area contributed by atoms with Crippen molar-refractivity contribution in [3.05, 3.63) is 30.1 Å². The highest BCUT2D eigenvalue weighted by Crippen LogP contribution is 2.16. The molecule has 0 aliphatic carbocycles. The third-order valence-corrected chi connectivity index (χ3v) is 2.56. The van der Waals surface area contributed by atoms with E-state index >= 15 is 0 Å². The van der Waals surface area contributed by atoms with E-state index < -0.39 is 0 Å². The van der Waals surface area contributed by atoms with Crippen LogP contribution in [0.1, 0.15) is 12.6 Å².